The van der Waals surface area contributed by atoms with E-state index >= 15 is 0 Å². The Labute approximate surface area is 115 Å². The molecule has 1 aromatic heterocycles. The van der Waals surface area contributed by atoms with Crippen molar-refractivity contribution in [3.05, 3.63) is 35.6 Å². The maximum atomic E-state index is 6.02. The molecule has 3 unspecified atom stereocenters. The lowest BCUT2D eigenvalue weighted by atomic mass is 10.1. The summed E-state index contributed by atoms with van der Waals surface area (Å²) in [6.07, 6.45) is 3.97. The van der Waals surface area contributed by atoms with Crippen LogP contribution in [0.1, 0.15) is 50.5 Å². The Morgan fingerprint density at radius 3 is 2.89 bits per heavy atom. The Balaban J connectivity index is 1.75. The van der Waals surface area contributed by atoms with E-state index in [4.69, 9.17) is 4.42 Å². The minimum Gasteiger partial charge on any atom is -0.459 e. The van der Waals surface area contributed by atoms with Crippen LogP contribution in [0.5, 0.6) is 0 Å². The molecule has 1 aromatic carbocycles. The van der Waals surface area contributed by atoms with Gasteiger partial charge in [-0.3, -0.25) is 0 Å². The number of fused-ring (bicyclic) bond motifs is 1. The zero-order valence-electron chi connectivity index (χ0n) is 12.1. The average Bonchev–Trinajstić information content (AvgIpc) is 3.04. The van der Waals surface area contributed by atoms with Crippen molar-refractivity contribution >= 4 is 11.0 Å². The fraction of sp³-hybridized carbons (Fsp3) is 0.529. The van der Waals surface area contributed by atoms with Gasteiger partial charge in [-0.15, -0.1) is 0 Å². The number of aryl methyl sites for hydroxylation is 1. The second kappa shape index (κ2) is 5.01. The van der Waals surface area contributed by atoms with Crippen LogP contribution in [-0.2, 0) is 0 Å². The van der Waals surface area contributed by atoms with Crippen LogP contribution in [0, 0.1) is 12.8 Å². The summed E-state index contributed by atoms with van der Waals surface area (Å²) in [7, 11) is 0. The summed E-state index contributed by atoms with van der Waals surface area (Å²) >= 11 is 0. The van der Waals surface area contributed by atoms with Gasteiger partial charge < -0.3 is 9.73 Å². The largest absolute Gasteiger partial charge is 0.459 e. The second-order valence-electron chi connectivity index (χ2n) is 5.87. The van der Waals surface area contributed by atoms with Crippen LogP contribution in [0.2, 0.25) is 0 Å². The number of hydrogen-bond donors (Lipinski definition) is 1. The third kappa shape index (κ3) is 2.42. The van der Waals surface area contributed by atoms with E-state index in [-0.39, 0.29) is 0 Å². The first-order chi connectivity index (χ1) is 9.20. The molecule has 1 aliphatic rings. The van der Waals surface area contributed by atoms with Crippen LogP contribution in [0.4, 0.5) is 0 Å². The SMILES string of the molecule is CCCC1CC1NC(C)c1oc2ccccc2c1C. The Morgan fingerprint density at radius 2 is 2.16 bits per heavy atom. The minimum absolute atomic E-state index is 0.305. The lowest BCUT2D eigenvalue weighted by Crippen LogP contribution is -2.22. The van der Waals surface area contributed by atoms with Gasteiger partial charge in [0.15, 0.2) is 0 Å². The molecule has 2 aromatic rings. The van der Waals surface area contributed by atoms with Gasteiger partial charge in [-0.2, -0.15) is 0 Å². The highest BCUT2D eigenvalue weighted by Crippen LogP contribution is 2.37. The van der Waals surface area contributed by atoms with Crippen molar-refractivity contribution in [2.75, 3.05) is 0 Å². The van der Waals surface area contributed by atoms with Gasteiger partial charge in [0.1, 0.15) is 11.3 Å². The molecule has 1 saturated carbocycles. The number of nitrogens with one attached hydrogen (secondary N) is 1. The Hall–Kier alpha value is -1.28. The van der Waals surface area contributed by atoms with E-state index in [0.29, 0.717) is 12.1 Å². The standard InChI is InChI=1S/C17H23NO/c1-4-7-13-10-15(13)18-12(3)17-11(2)14-8-5-6-9-16(14)19-17/h5-6,8-9,12-13,15,18H,4,7,10H2,1-3H3. The molecule has 0 radical (unpaired) electrons. The monoisotopic (exact) mass is 257 g/mol. The van der Waals surface area contributed by atoms with Crippen LogP contribution in [0.15, 0.2) is 28.7 Å². The van der Waals surface area contributed by atoms with E-state index in [1.54, 1.807) is 0 Å². The van der Waals surface area contributed by atoms with E-state index in [9.17, 15) is 0 Å². The van der Waals surface area contributed by atoms with Crippen LogP contribution >= 0.6 is 0 Å². The molecule has 0 saturated heterocycles. The second-order valence-corrected chi connectivity index (χ2v) is 5.87. The molecule has 0 amide bonds. The van der Waals surface area contributed by atoms with Crippen molar-refractivity contribution in [1.29, 1.82) is 0 Å². The summed E-state index contributed by atoms with van der Waals surface area (Å²) in [5.74, 6) is 1.99. The quantitative estimate of drug-likeness (QED) is 0.848. The first-order valence-electron chi connectivity index (χ1n) is 7.44. The molecule has 3 rings (SSSR count). The van der Waals surface area contributed by atoms with Crippen molar-refractivity contribution in [1.82, 2.24) is 5.32 Å². The summed E-state index contributed by atoms with van der Waals surface area (Å²) in [6, 6.07) is 9.30. The first kappa shape index (κ1) is 12.7. The zero-order valence-corrected chi connectivity index (χ0v) is 12.1. The molecule has 2 nitrogen and oxygen atoms in total. The van der Waals surface area contributed by atoms with E-state index in [1.807, 2.05) is 6.07 Å². The number of para-hydroxylation sites is 1. The third-order valence-electron chi connectivity index (χ3n) is 4.32. The maximum absolute atomic E-state index is 6.02. The summed E-state index contributed by atoms with van der Waals surface area (Å²) in [4.78, 5) is 0. The molecular weight excluding hydrogens is 234 g/mol. The molecule has 0 bridgehead atoms. The van der Waals surface area contributed by atoms with Gasteiger partial charge >= 0.3 is 0 Å². The van der Waals surface area contributed by atoms with Crippen molar-refractivity contribution in [2.24, 2.45) is 5.92 Å². The number of hydrogen-bond acceptors (Lipinski definition) is 2. The lowest BCUT2D eigenvalue weighted by Gasteiger charge is -2.12. The molecule has 3 atom stereocenters. The molecule has 0 aliphatic heterocycles. The average molecular weight is 257 g/mol. The van der Waals surface area contributed by atoms with Gasteiger partial charge in [-0.1, -0.05) is 31.5 Å². The molecule has 102 valence electrons. The van der Waals surface area contributed by atoms with Crippen LogP contribution in [-0.4, -0.2) is 6.04 Å². The van der Waals surface area contributed by atoms with E-state index in [2.05, 4.69) is 44.3 Å². The lowest BCUT2D eigenvalue weighted by molar-refractivity contribution is 0.435. The third-order valence-corrected chi connectivity index (χ3v) is 4.32. The number of furan rings is 1. The molecule has 19 heavy (non-hydrogen) atoms. The normalized spacial score (nSPS) is 23.7. The fourth-order valence-corrected chi connectivity index (χ4v) is 3.14. The van der Waals surface area contributed by atoms with Crippen LogP contribution in [0.3, 0.4) is 0 Å². The van der Waals surface area contributed by atoms with E-state index < -0.39 is 0 Å². The van der Waals surface area contributed by atoms with Gasteiger partial charge in [-0.05, 0) is 44.2 Å². The summed E-state index contributed by atoms with van der Waals surface area (Å²) in [5.41, 5.74) is 2.29. The van der Waals surface area contributed by atoms with Crippen molar-refractivity contribution < 1.29 is 4.42 Å². The fourth-order valence-electron chi connectivity index (χ4n) is 3.14. The van der Waals surface area contributed by atoms with Crippen molar-refractivity contribution in [3.63, 3.8) is 0 Å². The Kier molecular flexibility index (Phi) is 3.36. The molecule has 1 heterocycles. The highest BCUT2D eigenvalue weighted by atomic mass is 16.3. The summed E-state index contributed by atoms with van der Waals surface area (Å²) in [6.45, 7) is 6.64. The van der Waals surface area contributed by atoms with Crippen LogP contribution in [0.25, 0.3) is 11.0 Å². The topological polar surface area (TPSA) is 25.2 Å². The summed E-state index contributed by atoms with van der Waals surface area (Å²) < 4.78 is 6.02. The van der Waals surface area contributed by atoms with Gasteiger partial charge in [0.05, 0.1) is 6.04 Å². The van der Waals surface area contributed by atoms with Gasteiger partial charge in [0.2, 0.25) is 0 Å². The van der Waals surface area contributed by atoms with Gasteiger partial charge in [0, 0.05) is 11.4 Å². The van der Waals surface area contributed by atoms with Gasteiger partial charge in [0.25, 0.3) is 0 Å². The van der Waals surface area contributed by atoms with E-state index in [0.717, 1.165) is 17.3 Å². The Bertz CT molecular complexity index is 572. The molecule has 0 spiro atoms. The highest BCUT2D eigenvalue weighted by Gasteiger charge is 2.37. The Morgan fingerprint density at radius 1 is 1.37 bits per heavy atom. The predicted molar refractivity (Wildman–Crippen MR) is 79.3 cm³/mol. The molecular formula is C17H23NO. The predicted octanol–water partition coefficient (Wildman–Crippen LogP) is 4.58. The van der Waals surface area contributed by atoms with Crippen molar-refractivity contribution in [3.8, 4) is 0 Å². The molecule has 1 aliphatic carbocycles. The smallest absolute Gasteiger partial charge is 0.134 e. The van der Waals surface area contributed by atoms with Crippen LogP contribution < -0.4 is 5.32 Å². The summed E-state index contributed by atoms with van der Waals surface area (Å²) in [5, 5.41) is 4.96. The molecule has 1 N–H and O–H groups in total. The van der Waals surface area contributed by atoms with E-state index in [1.165, 1.54) is 30.2 Å². The van der Waals surface area contributed by atoms with Crippen molar-refractivity contribution in [2.45, 2.75) is 52.1 Å². The van der Waals surface area contributed by atoms with Gasteiger partial charge in [-0.25, -0.2) is 0 Å². The molecule has 1 fully saturated rings. The first-order valence-corrected chi connectivity index (χ1v) is 7.44. The minimum atomic E-state index is 0.305. The number of rotatable bonds is 5. The maximum Gasteiger partial charge on any atom is 0.134 e. The zero-order chi connectivity index (χ0) is 13.4. The highest BCUT2D eigenvalue weighted by molar-refractivity contribution is 5.82. The molecule has 2 heteroatoms. The number of benzene rings is 1.